The smallest absolute Gasteiger partial charge is 0.287 e. The maximum atomic E-state index is 12.1. The van der Waals surface area contributed by atoms with Gasteiger partial charge in [0.1, 0.15) is 5.52 Å². The number of aromatic nitrogens is 1. The number of carbonyl (C=O) groups excluding carboxylic acids is 1. The average molecular weight is 436 g/mol. The van der Waals surface area contributed by atoms with E-state index < -0.39 is 0 Å². The van der Waals surface area contributed by atoms with Crippen LogP contribution < -0.4 is 5.32 Å². The Hall–Kier alpha value is -1.79. The fourth-order valence-electron chi connectivity index (χ4n) is 4.37. The van der Waals surface area contributed by atoms with Crippen molar-refractivity contribution in [3.63, 3.8) is 0 Å². The van der Waals surface area contributed by atoms with Crippen molar-refractivity contribution in [3.8, 4) is 0 Å². The van der Waals surface area contributed by atoms with Gasteiger partial charge in [-0.15, -0.1) is 0 Å². The number of furan rings is 1. The van der Waals surface area contributed by atoms with E-state index in [1.807, 2.05) is 18.2 Å². The lowest BCUT2D eigenvalue weighted by atomic mass is 9.50. The lowest BCUT2D eigenvalue weighted by Gasteiger charge is -2.57. The number of nitrogens with one attached hydrogen (secondary N) is 1. The molecule has 1 N–H and O–H groups in total. The third-order valence-corrected chi connectivity index (χ3v) is 6.23. The van der Waals surface area contributed by atoms with Gasteiger partial charge in [-0.2, -0.15) is 0 Å². The zero-order valence-electron chi connectivity index (χ0n) is 13.8. The molecule has 0 unspecified atom stereocenters. The average Bonchev–Trinajstić information content (AvgIpc) is 3.13. The summed E-state index contributed by atoms with van der Waals surface area (Å²) in [5, 5.41) is 3.71. The van der Waals surface area contributed by atoms with Gasteiger partial charge in [-0.1, -0.05) is 11.6 Å². The first kappa shape index (κ1) is 16.4. The topological polar surface area (TPSA) is 68.3 Å². The monoisotopic (exact) mass is 434 g/mol. The van der Waals surface area contributed by atoms with E-state index in [0.717, 1.165) is 42.7 Å². The van der Waals surface area contributed by atoms with Gasteiger partial charge in [0.05, 0.1) is 0 Å². The molecule has 2 fully saturated rings. The molecular weight excluding hydrogens is 420 g/mol. The molecule has 5 rings (SSSR count). The lowest BCUT2D eigenvalue weighted by Crippen LogP contribution is -2.55. The Morgan fingerprint density at radius 2 is 2.00 bits per heavy atom. The van der Waals surface area contributed by atoms with E-state index in [-0.39, 0.29) is 11.9 Å². The molecule has 26 heavy (non-hydrogen) atoms. The van der Waals surface area contributed by atoms with Crippen LogP contribution in [0.2, 0.25) is 5.02 Å². The molecule has 1 spiro atoms. The van der Waals surface area contributed by atoms with Gasteiger partial charge in [0, 0.05) is 17.0 Å². The summed E-state index contributed by atoms with van der Waals surface area (Å²) in [6.45, 7) is 0. The molecule has 2 aromatic heterocycles. The van der Waals surface area contributed by atoms with E-state index in [4.69, 9.17) is 20.4 Å². The normalized spacial score (nSPS) is 27.3. The predicted molar refractivity (Wildman–Crippen MR) is 100 cm³/mol. The van der Waals surface area contributed by atoms with Crippen LogP contribution in [0.15, 0.2) is 43.8 Å². The Balaban J connectivity index is 1.18. The number of hydrogen-bond donors (Lipinski definition) is 1. The number of fused-ring (bicyclic) bond motifs is 1. The minimum Gasteiger partial charge on any atom is -0.444 e. The Labute approximate surface area is 163 Å². The van der Waals surface area contributed by atoms with Crippen molar-refractivity contribution in [2.75, 3.05) is 0 Å². The molecule has 0 radical (unpaired) electrons. The van der Waals surface area contributed by atoms with Crippen molar-refractivity contribution in [3.05, 3.63) is 51.7 Å². The first-order chi connectivity index (χ1) is 12.5. The molecule has 5 nitrogen and oxygen atoms in total. The van der Waals surface area contributed by atoms with E-state index in [1.54, 1.807) is 12.1 Å². The summed E-state index contributed by atoms with van der Waals surface area (Å²) in [5.74, 6) is 1.36. The maximum Gasteiger partial charge on any atom is 0.287 e. The molecule has 0 atom stereocenters. The summed E-state index contributed by atoms with van der Waals surface area (Å²) in [6, 6.07) is 9.13. The number of nitrogens with zero attached hydrogens (tertiary/aromatic N) is 1. The van der Waals surface area contributed by atoms with Crippen LogP contribution in [0.25, 0.3) is 11.1 Å². The number of rotatable bonds is 3. The summed E-state index contributed by atoms with van der Waals surface area (Å²) >= 11 is 9.22. The Kier molecular flexibility index (Phi) is 3.69. The molecule has 0 saturated heterocycles. The number of carbonyl (C=O) groups is 1. The van der Waals surface area contributed by atoms with Crippen LogP contribution in [0, 0.1) is 5.41 Å². The minimum atomic E-state index is -0.151. The summed E-state index contributed by atoms with van der Waals surface area (Å²) in [7, 11) is 0. The molecule has 0 bridgehead atoms. The van der Waals surface area contributed by atoms with Gasteiger partial charge < -0.3 is 14.2 Å². The van der Waals surface area contributed by atoms with Crippen LogP contribution in [0.3, 0.4) is 0 Å². The number of amides is 1. The molecule has 2 aliphatic rings. The van der Waals surface area contributed by atoms with Crippen molar-refractivity contribution >= 4 is 44.5 Å². The van der Waals surface area contributed by atoms with Crippen LogP contribution in [0.1, 0.15) is 48.0 Å². The molecule has 2 aliphatic carbocycles. The van der Waals surface area contributed by atoms with Gasteiger partial charge in [0.25, 0.3) is 5.91 Å². The SMILES string of the molecule is O=C(NC1CC2(C1)CC(c1nc3cc(Cl)ccc3o1)C2)c1ccc(Br)o1. The Morgan fingerprint density at radius 1 is 1.19 bits per heavy atom. The molecule has 0 aliphatic heterocycles. The zero-order valence-corrected chi connectivity index (χ0v) is 16.1. The second-order valence-electron chi connectivity index (χ2n) is 7.45. The fourth-order valence-corrected chi connectivity index (χ4v) is 4.84. The predicted octanol–water partition coefficient (Wildman–Crippen LogP) is 5.29. The fraction of sp³-hybridized carbons (Fsp3) is 0.368. The quantitative estimate of drug-likeness (QED) is 0.607. The van der Waals surface area contributed by atoms with Gasteiger partial charge in [-0.3, -0.25) is 4.79 Å². The molecular formula is C19H16BrClN2O3. The lowest BCUT2D eigenvalue weighted by molar-refractivity contribution is -0.0256. The first-order valence-corrected chi connectivity index (χ1v) is 9.79. The molecule has 7 heteroatoms. The van der Waals surface area contributed by atoms with Crippen LogP contribution >= 0.6 is 27.5 Å². The third-order valence-electron chi connectivity index (χ3n) is 5.57. The van der Waals surface area contributed by atoms with Crippen molar-refractivity contribution < 1.29 is 13.6 Å². The highest BCUT2D eigenvalue weighted by Crippen LogP contribution is 2.61. The van der Waals surface area contributed by atoms with Crippen molar-refractivity contribution in [2.45, 2.75) is 37.6 Å². The Morgan fingerprint density at radius 3 is 2.73 bits per heavy atom. The molecule has 1 aromatic carbocycles. The standard InChI is InChI=1S/C19H16BrClN2O3/c20-16-4-3-15(25-16)17(24)22-12-8-19(9-12)6-10(7-19)18-23-13-5-11(21)1-2-14(13)26-18/h1-5,10,12H,6-9H2,(H,22,24). The molecule has 2 saturated carbocycles. The van der Waals surface area contributed by atoms with E-state index in [0.29, 0.717) is 26.8 Å². The van der Waals surface area contributed by atoms with E-state index in [2.05, 4.69) is 26.2 Å². The number of oxazole rings is 1. The van der Waals surface area contributed by atoms with Gasteiger partial charge in [0.2, 0.25) is 0 Å². The maximum absolute atomic E-state index is 12.1. The summed E-state index contributed by atoms with van der Waals surface area (Å²) in [4.78, 5) is 16.7. The van der Waals surface area contributed by atoms with E-state index >= 15 is 0 Å². The van der Waals surface area contributed by atoms with Crippen molar-refractivity contribution in [1.82, 2.24) is 10.3 Å². The molecule has 2 heterocycles. The van der Waals surface area contributed by atoms with Crippen LogP contribution in [0.4, 0.5) is 0 Å². The van der Waals surface area contributed by atoms with E-state index in [1.165, 1.54) is 0 Å². The summed E-state index contributed by atoms with van der Waals surface area (Å²) < 4.78 is 11.7. The highest BCUT2D eigenvalue weighted by atomic mass is 79.9. The van der Waals surface area contributed by atoms with Gasteiger partial charge in [0.15, 0.2) is 21.9 Å². The minimum absolute atomic E-state index is 0.151. The number of halogens is 2. The molecule has 1 amide bonds. The summed E-state index contributed by atoms with van der Waals surface area (Å²) in [6.07, 6.45) is 4.13. The second kappa shape index (κ2) is 5.86. The highest BCUT2D eigenvalue weighted by Gasteiger charge is 2.54. The first-order valence-electron chi connectivity index (χ1n) is 8.62. The second-order valence-corrected chi connectivity index (χ2v) is 8.67. The molecule has 134 valence electrons. The van der Waals surface area contributed by atoms with Gasteiger partial charge >= 0.3 is 0 Å². The number of hydrogen-bond acceptors (Lipinski definition) is 4. The van der Waals surface area contributed by atoms with Gasteiger partial charge in [-0.25, -0.2) is 4.98 Å². The van der Waals surface area contributed by atoms with Crippen molar-refractivity contribution in [2.24, 2.45) is 5.41 Å². The molecule has 3 aromatic rings. The van der Waals surface area contributed by atoms with Crippen molar-refractivity contribution in [1.29, 1.82) is 0 Å². The van der Waals surface area contributed by atoms with Crippen LogP contribution in [0.5, 0.6) is 0 Å². The number of benzene rings is 1. The van der Waals surface area contributed by atoms with Gasteiger partial charge in [-0.05, 0) is 77.4 Å². The summed E-state index contributed by atoms with van der Waals surface area (Å²) in [5.41, 5.74) is 1.93. The van der Waals surface area contributed by atoms with Crippen LogP contribution in [-0.4, -0.2) is 16.9 Å². The highest BCUT2D eigenvalue weighted by molar-refractivity contribution is 9.10. The third kappa shape index (κ3) is 2.76. The largest absolute Gasteiger partial charge is 0.444 e. The Bertz CT molecular complexity index is 997. The van der Waals surface area contributed by atoms with E-state index in [9.17, 15) is 4.79 Å². The zero-order chi connectivity index (χ0) is 17.9. The van der Waals surface area contributed by atoms with Crippen LogP contribution in [-0.2, 0) is 0 Å².